The molecule has 0 unspecified atom stereocenters. The van der Waals surface area contributed by atoms with Crippen LogP contribution in [0.3, 0.4) is 0 Å². The summed E-state index contributed by atoms with van der Waals surface area (Å²) in [6, 6.07) is 9.14. The lowest BCUT2D eigenvalue weighted by Crippen LogP contribution is -2.40. The largest absolute Gasteiger partial charge is 0.492 e. The molecule has 0 saturated heterocycles. The average Bonchev–Trinajstić information content (AvgIpc) is 2.69. The number of para-hydroxylation sites is 1. The number of hydrogen-bond donors (Lipinski definition) is 1. The number of rotatable bonds is 7. The van der Waals surface area contributed by atoms with Gasteiger partial charge in [-0.1, -0.05) is 18.2 Å². The molecule has 2 heterocycles. The topological polar surface area (TPSA) is 114 Å². The number of sulfonamides is 1. The van der Waals surface area contributed by atoms with E-state index in [0.717, 1.165) is 0 Å². The van der Waals surface area contributed by atoms with Crippen LogP contribution in [0.25, 0.3) is 0 Å². The number of amidine groups is 1. The van der Waals surface area contributed by atoms with Crippen molar-refractivity contribution in [2.24, 2.45) is 4.40 Å². The second-order valence-corrected chi connectivity index (χ2v) is 7.66. The number of nitrogens with one attached hydrogen (secondary N) is 1. The number of ether oxygens (including phenoxy) is 2. The van der Waals surface area contributed by atoms with Crippen LogP contribution in [-0.2, 0) is 24.3 Å². The van der Waals surface area contributed by atoms with Crippen molar-refractivity contribution in [1.82, 2.24) is 10.2 Å². The molecule has 0 saturated carbocycles. The molecular weight excluding hydrogens is 386 g/mol. The molecule has 0 atom stereocenters. The van der Waals surface area contributed by atoms with E-state index >= 15 is 0 Å². The van der Waals surface area contributed by atoms with Gasteiger partial charge in [0.25, 0.3) is 15.9 Å². The minimum Gasteiger partial charge on any atom is -0.492 e. The normalized spacial score (nSPS) is 17.1. The number of benzene rings is 1. The van der Waals surface area contributed by atoms with Crippen molar-refractivity contribution in [2.75, 3.05) is 32.1 Å². The number of carbonyl (C=O) groups excluding carboxylic acids is 2. The van der Waals surface area contributed by atoms with E-state index in [2.05, 4.69) is 9.71 Å². The zero-order chi connectivity index (χ0) is 20.0. The molecule has 1 N–H and O–H groups in total. The molecule has 0 aromatic heterocycles. The first-order chi connectivity index (χ1) is 13.4. The molecule has 148 valence electrons. The Hall–Kier alpha value is -3.14. The first-order valence-electron chi connectivity index (χ1n) is 8.54. The van der Waals surface area contributed by atoms with Crippen molar-refractivity contribution in [3.8, 4) is 5.75 Å². The third-order valence-electron chi connectivity index (χ3n) is 3.85. The summed E-state index contributed by atoms with van der Waals surface area (Å²) in [5, 5.41) is 2.57. The maximum absolute atomic E-state index is 12.3. The molecule has 0 bridgehead atoms. The van der Waals surface area contributed by atoms with Gasteiger partial charge >= 0.3 is 5.97 Å². The molecule has 0 spiro atoms. The number of amides is 1. The van der Waals surface area contributed by atoms with Gasteiger partial charge in [0.05, 0.1) is 12.3 Å². The van der Waals surface area contributed by atoms with E-state index in [0.29, 0.717) is 5.75 Å². The van der Waals surface area contributed by atoms with E-state index in [1.54, 1.807) is 29.3 Å². The van der Waals surface area contributed by atoms with E-state index < -0.39 is 28.5 Å². The van der Waals surface area contributed by atoms with Crippen LogP contribution in [-0.4, -0.2) is 63.1 Å². The second-order valence-electron chi connectivity index (χ2n) is 5.90. The third kappa shape index (κ3) is 5.19. The predicted molar refractivity (Wildman–Crippen MR) is 101 cm³/mol. The summed E-state index contributed by atoms with van der Waals surface area (Å²) in [6.45, 7) is 0.216. The quantitative estimate of drug-likeness (QED) is 0.510. The molecule has 28 heavy (non-hydrogen) atoms. The highest BCUT2D eigenvalue weighted by atomic mass is 32.2. The Morgan fingerprint density at radius 3 is 2.79 bits per heavy atom. The van der Waals surface area contributed by atoms with Gasteiger partial charge < -0.3 is 19.7 Å². The van der Waals surface area contributed by atoms with Crippen LogP contribution in [0.2, 0.25) is 0 Å². The van der Waals surface area contributed by atoms with Gasteiger partial charge in [0.15, 0.2) is 12.4 Å². The van der Waals surface area contributed by atoms with Crippen molar-refractivity contribution >= 4 is 27.7 Å². The summed E-state index contributed by atoms with van der Waals surface area (Å²) < 4.78 is 37.4. The molecule has 2 aliphatic rings. The Morgan fingerprint density at radius 2 is 2.00 bits per heavy atom. The molecule has 1 aromatic rings. The van der Waals surface area contributed by atoms with Gasteiger partial charge in [0, 0.05) is 12.7 Å². The first-order valence-corrected chi connectivity index (χ1v) is 10.2. The molecule has 0 aliphatic carbocycles. The fraction of sp³-hybridized carbons (Fsp3) is 0.278. The maximum atomic E-state index is 12.3. The second kappa shape index (κ2) is 8.70. The number of nitrogens with zero attached hydrogens (tertiary/aromatic N) is 2. The van der Waals surface area contributed by atoms with Gasteiger partial charge in [-0.25, -0.2) is 13.2 Å². The smallest absolute Gasteiger partial charge is 0.342 e. The van der Waals surface area contributed by atoms with Crippen LogP contribution in [0.4, 0.5) is 0 Å². The fourth-order valence-corrected chi connectivity index (χ4v) is 3.50. The highest BCUT2D eigenvalue weighted by molar-refractivity contribution is 7.90. The van der Waals surface area contributed by atoms with Gasteiger partial charge in [-0.3, -0.25) is 4.79 Å². The van der Waals surface area contributed by atoms with E-state index in [1.807, 2.05) is 18.2 Å². The summed E-state index contributed by atoms with van der Waals surface area (Å²) in [6.07, 6.45) is 4.63. The minimum atomic E-state index is -3.62. The molecule has 3 rings (SSSR count). The van der Waals surface area contributed by atoms with Crippen molar-refractivity contribution in [2.45, 2.75) is 0 Å². The highest BCUT2D eigenvalue weighted by Crippen LogP contribution is 2.18. The van der Waals surface area contributed by atoms with Crippen LogP contribution < -0.4 is 10.1 Å². The van der Waals surface area contributed by atoms with Crippen molar-refractivity contribution in [3.05, 3.63) is 54.3 Å². The lowest BCUT2D eigenvalue weighted by molar-refractivity contribution is -0.144. The number of allylic oxidation sites excluding steroid dienone is 2. The molecule has 0 fully saturated rings. The molecule has 1 aromatic carbocycles. The minimum absolute atomic E-state index is 0.00835. The molecule has 0 radical (unpaired) electrons. The van der Waals surface area contributed by atoms with E-state index in [9.17, 15) is 18.0 Å². The molecule has 10 heteroatoms. The lowest BCUT2D eigenvalue weighted by Gasteiger charge is -2.28. The van der Waals surface area contributed by atoms with Gasteiger partial charge in [-0.2, -0.15) is 0 Å². The summed E-state index contributed by atoms with van der Waals surface area (Å²) in [7, 11) is -3.62. The Kier molecular flexibility index (Phi) is 6.09. The monoisotopic (exact) mass is 405 g/mol. The number of hydrogen-bond acceptors (Lipinski definition) is 7. The van der Waals surface area contributed by atoms with Gasteiger partial charge in [0.2, 0.25) is 0 Å². The Balaban J connectivity index is 1.45. The zero-order valence-electron chi connectivity index (χ0n) is 14.9. The van der Waals surface area contributed by atoms with Gasteiger partial charge in [0.1, 0.15) is 17.9 Å². The summed E-state index contributed by atoms with van der Waals surface area (Å²) in [5.41, 5.74) is -0.00835. The number of fused-ring (bicyclic) bond motifs is 1. The van der Waals surface area contributed by atoms with Crippen LogP contribution in [0.1, 0.15) is 0 Å². The number of esters is 1. The lowest BCUT2D eigenvalue weighted by atomic mass is 10.1. The third-order valence-corrected chi connectivity index (χ3v) is 5.00. The predicted octanol–water partition coefficient (Wildman–Crippen LogP) is 0.222. The van der Waals surface area contributed by atoms with Crippen LogP contribution >= 0.6 is 0 Å². The summed E-state index contributed by atoms with van der Waals surface area (Å²) in [5.74, 6) is -0.743. The van der Waals surface area contributed by atoms with Crippen molar-refractivity contribution in [3.63, 3.8) is 0 Å². The van der Waals surface area contributed by atoms with Crippen molar-refractivity contribution in [1.29, 1.82) is 0 Å². The average molecular weight is 405 g/mol. The Morgan fingerprint density at radius 1 is 1.21 bits per heavy atom. The summed E-state index contributed by atoms with van der Waals surface area (Å²) >= 11 is 0. The van der Waals surface area contributed by atoms with Gasteiger partial charge in [-0.05, 0) is 24.3 Å². The Bertz CT molecular complexity index is 937. The first kappa shape index (κ1) is 19.6. The molecule has 9 nitrogen and oxygen atoms in total. The van der Waals surface area contributed by atoms with E-state index in [-0.39, 0.29) is 36.9 Å². The number of carbonyl (C=O) groups is 2. The summed E-state index contributed by atoms with van der Waals surface area (Å²) in [4.78, 5) is 25.6. The Labute approximate surface area is 162 Å². The SMILES string of the molecule is O=C(COC(=O)C1=CC=CN2CCS(=O)(=O)N=C12)NCCOc1ccccc1. The standard InChI is InChI=1S/C18H19N3O6S/c22-16(19-8-11-26-14-5-2-1-3-6-14)13-27-18(23)15-7-4-9-21-10-12-28(24,25)20-17(15)21/h1-7,9H,8,10-13H2,(H,19,22). The van der Waals surface area contributed by atoms with Crippen molar-refractivity contribution < 1.29 is 27.5 Å². The highest BCUT2D eigenvalue weighted by Gasteiger charge is 2.30. The van der Waals surface area contributed by atoms with E-state index in [1.165, 1.54) is 6.08 Å². The molecular formula is C18H19N3O6S. The maximum Gasteiger partial charge on any atom is 0.342 e. The van der Waals surface area contributed by atoms with E-state index in [4.69, 9.17) is 9.47 Å². The zero-order valence-corrected chi connectivity index (χ0v) is 15.7. The molecule has 2 aliphatic heterocycles. The van der Waals surface area contributed by atoms with Crippen LogP contribution in [0, 0.1) is 0 Å². The fourth-order valence-electron chi connectivity index (χ4n) is 2.51. The van der Waals surface area contributed by atoms with Crippen LogP contribution in [0.5, 0.6) is 5.75 Å². The molecule has 1 amide bonds. The van der Waals surface area contributed by atoms with Crippen LogP contribution in [0.15, 0.2) is 58.7 Å². The van der Waals surface area contributed by atoms with Gasteiger partial charge in [-0.15, -0.1) is 4.40 Å².